The number of nitrogens with two attached hydrogens (primary N) is 1. The SMILES string of the molecule is C[C@@](N)(Cc1ccc2ncccc2c1)C(=O)O. The zero-order valence-electron chi connectivity index (χ0n) is 9.55. The summed E-state index contributed by atoms with van der Waals surface area (Å²) in [4.78, 5) is 15.2. The highest BCUT2D eigenvalue weighted by atomic mass is 16.4. The van der Waals surface area contributed by atoms with Crippen LogP contribution in [0.3, 0.4) is 0 Å². The van der Waals surface area contributed by atoms with Crippen LogP contribution in [0, 0.1) is 0 Å². The van der Waals surface area contributed by atoms with Gasteiger partial charge >= 0.3 is 5.97 Å². The van der Waals surface area contributed by atoms with Crippen molar-refractivity contribution in [3.05, 3.63) is 42.1 Å². The van der Waals surface area contributed by atoms with Crippen molar-refractivity contribution < 1.29 is 9.90 Å². The smallest absolute Gasteiger partial charge is 0.323 e. The second-order valence-electron chi connectivity index (χ2n) is 4.43. The first-order valence-corrected chi connectivity index (χ1v) is 5.35. The Hall–Kier alpha value is -1.94. The molecular weight excluding hydrogens is 216 g/mol. The summed E-state index contributed by atoms with van der Waals surface area (Å²) in [7, 11) is 0. The van der Waals surface area contributed by atoms with E-state index in [0.29, 0.717) is 6.42 Å². The minimum atomic E-state index is -1.24. The molecule has 0 amide bonds. The average molecular weight is 230 g/mol. The number of rotatable bonds is 3. The van der Waals surface area contributed by atoms with Crippen LogP contribution >= 0.6 is 0 Å². The van der Waals surface area contributed by atoms with Gasteiger partial charge in [0.2, 0.25) is 0 Å². The van der Waals surface area contributed by atoms with Gasteiger partial charge in [0.1, 0.15) is 5.54 Å². The van der Waals surface area contributed by atoms with Crippen molar-refractivity contribution in [2.24, 2.45) is 5.73 Å². The van der Waals surface area contributed by atoms with Gasteiger partial charge in [-0.05, 0) is 30.7 Å². The van der Waals surface area contributed by atoms with E-state index >= 15 is 0 Å². The normalized spacial score (nSPS) is 14.5. The van der Waals surface area contributed by atoms with Gasteiger partial charge in [0, 0.05) is 18.0 Å². The van der Waals surface area contributed by atoms with E-state index in [2.05, 4.69) is 4.98 Å². The van der Waals surface area contributed by atoms with Crippen LogP contribution in [0.25, 0.3) is 10.9 Å². The van der Waals surface area contributed by atoms with Crippen LogP contribution in [0.5, 0.6) is 0 Å². The molecule has 17 heavy (non-hydrogen) atoms. The highest BCUT2D eigenvalue weighted by Gasteiger charge is 2.27. The molecule has 0 unspecified atom stereocenters. The van der Waals surface area contributed by atoms with E-state index < -0.39 is 11.5 Å². The molecule has 1 atom stereocenters. The third kappa shape index (κ3) is 2.42. The molecule has 1 aromatic heterocycles. The number of aliphatic carboxylic acids is 1. The maximum Gasteiger partial charge on any atom is 0.323 e. The van der Waals surface area contributed by atoms with Crippen molar-refractivity contribution in [1.29, 1.82) is 0 Å². The number of aromatic nitrogens is 1. The number of nitrogens with zero attached hydrogens (tertiary/aromatic N) is 1. The number of carbonyl (C=O) groups is 1. The Morgan fingerprint density at radius 2 is 2.24 bits per heavy atom. The van der Waals surface area contributed by atoms with Gasteiger partial charge in [-0.1, -0.05) is 12.1 Å². The standard InChI is InChI=1S/C13H14N2O2/c1-13(14,12(16)17)8-9-4-5-11-10(7-9)3-2-6-15-11/h2-7H,8,14H2,1H3,(H,16,17)/t13-/m1/s1. The Kier molecular flexibility index (Phi) is 2.81. The first-order valence-electron chi connectivity index (χ1n) is 5.35. The summed E-state index contributed by atoms with van der Waals surface area (Å²) < 4.78 is 0. The fraction of sp³-hybridized carbons (Fsp3) is 0.231. The summed E-state index contributed by atoms with van der Waals surface area (Å²) in [5, 5.41) is 9.97. The Balaban J connectivity index is 2.34. The second-order valence-corrected chi connectivity index (χ2v) is 4.43. The van der Waals surface area contributed by atoms with Crippen molar-refractivity contribution >= 4 is 16.9 Å². The van der Waals surface area contributed by atoms with Crippen LogP contribution in [0.2, 0.25) is 0 Å². The fourth-order valence-corrected chi connectivity index (χ4v) is 1.73. The number of carboxylic acid groups (broad SMARTS) is 1. The molecule has 4 nitrogen and oxygen atoms in total. The lowest BCUT2D eigenvalue weighted by Gasteiger charge is -2.19. The molecule has 4 heteroatoms. The predicted octanol–water partition coefficient (Wildman–Crippen LogP) is 1.58. The molecule has 1 aromatic carbocycles. The van der Waals surface area contributed by atoms with Gasteiger partial charge in [0.15, 0.2) is 0 Å². The zero-order valence-corrected chi connectivity index (χ0v) is 9.55. The van der Waals surface area contributed by atoms with Crippen LogP contribution in [0.4, 0.5) is 0 Å². The van der Waals surface area contributed by atoms with Crippen LogP contribution in [0.1, 0.15) is 12.5 Å². The lowest BCUT2D eigenvalue weighted by molar-refractivity contribution is -0.142. The molecule has 1 heterocycles. The van der Waals surface area contributed by atoms with Gasteiger partial charge in [-0.2, -0.15) is 0 Å². The molecule has 3 N–H and O–H groups in total. The van der Waals surface area contributed by atoms with Crippen molar-refractivity contribution in [3.63, 3.8) is 0 Å². The first-order chi connectivity index (χ1) is 7.99. The molecule has 0 fully saturated rings. The summed E-state index contributed by atoms with van der Waals surface area (Å²) in [5.41, 5.74) is 6.27. The number of benzene rings is 1. The number of fused-ring (bicyclic) bond motifs is 1. The Morgan fingerprint density at radius 3 is 2.94 bits per heavy atom. The Bertz CT molecular complexity index is 564. The largest absolute Gasteiger partial charge is 0.480 e. The molecule has 2 rings (SSSR count). The predicted molar refractivity (Wildman–Crippen MR) is 65.7 cm³/mol. The maximum absolute atomic E-state index is 11.0. The summed E-state index contributed by atoms with van der Waals surface area (Å²) in [6, 6.07) is 9.47. The van der Waals surface area contributed by atoms with Crippen LogP contribution in [-0.4, -0.2) is 21.6 Å². The summed E-state index contributed by atoms with van der Waals surface area (Å²) >= 11 is 0. The molecule has 0 aliphatic carbocycles. The molecule has 0 aliphatic heterocycles. The zero-order chi connectivity index (χ0) is 12.5. The molecule has 0 aliphatic rings. The Morgan fingerprint density at radius 1 is 1.47 bits per heavy atom. The second kappa shape index (κ2) is 4.14. The van der Waals surface area contributed by atoms with Crippen LogP contribution < -0.4 is 5.73 Å². The van der Waals surface area contributed by atoms with E-state index in [4.69, 9.17) is 10.8 Å². The van der Waals surface area contributed by atoms with Gasteiger partial charge in [0.05, 0.1) is 5.52 Å². The molecule has 2 aromatic rings. The topological polar surface area (TPSA) is 76.2 Å². The quantitative estimate of drug-likeness (QED) is 0.839. The molecule has 0 radical (unpaired) electrons. The van der Waals surface area contributed by atoms with E-state index in [1.54, 1.807) is 6.20 Å². The number of hydrogen-bond donors (Lipinski definition) is 2. The van der Waals surface area contributed by atoms with Gasteiger partial charge in [0.25, 0.3) is 0 Å². The Labute approximate surface area is 99.1 Å². The minimum absolute atomic E-state index is 0.299. The van der Waals surface area contributed by atoms with E-state index in [0.717, 1.165) is 16.5 Å². The molecule has 0 spiro atoms. The van der Waals surface area contributed by atoms with Crippen molar-refractivity contribution in [2.45, 2.75) is 18.9 Å². The van der Waals surface area contributed by atoms with E-state index in [1.165, 1.54) is 6.92 Å². The number of carboxylic acids is 1. The highest BCUT2D eigenvalue weighted by molar-refractivity contribution is 5.81. The minimum Gasteiger partial charge on any atom is -0.480 e. The van der Waals surface area contributed by atoms with E-state index in [1.807, 2.05) is 30.3 Å². The number of pyridine rings is 1. The van der Waals surface area contributed by atoms with Crippen molar-refractivity contribution in [2.75, 3.05) is 0 Å². The van der Waals surface area contributed by atoms with Crippen LogP contribution in [-0.2, 0) is 11.2 Å². The fourth-order valence-electron chi connectivity index (χ4n) is 1.73. The molecule has 0 saturated carbocycles. The average Bonchev–Trinajstić information content (AvgIpc) is 2.28. The van der Waals surface area contributed by atoms with Gasteiger partial charge in [-0.3, -0.25) is 9.78 Å². The molecule has 0 saturated heterocycles. The monoisotopic (exact) mass is 230 g/mol. The van der Waals surface area contributed by atoms with Crippen LogP contribution in [0.15, 0.2) is 36.5 Å². The van der Waals surface area contributed by atoms with Crippen molar-refractivity contribution in [3.8, 4) is 0 Å². The molecular formula is C13H14N2O2. The third-order valence-corrected chi connectivity index (χ3v) is 2.73. The third-order valence-electron chi connectivity index (χ3n) is 2.73. The van der Waals surface area contributed by atoms with Gasteiger partial charge < -0.3 is 10.8 Å². The van der Waals surface area contributed by atoms with Gasteiger partial charge in [-0.15, -0.1) is 0 Å². The summed E-state index contributed by atoms with van der Waals surface area (Å²) in [6.45, 7) is 1.52. The molecule has 0 bridgehead atoms. The lowest BCUT2D eigenvalue weighted by Crippen LogP contribution is -2.46. The summed E-state index contributed by atoms with van der Waals surface area (Å²) in [6.07, 6.45) is 2.03. The highest BCUT2D eigenvalue weighted by Crippen LogP contribution is 2.17. The van der Waals surface area contributed by atoms with Gasteiger partial charge in [-0.25, -0.2) is 0 Å². The van der Waals surface area contributed by atoms with E-state index in [9.17, 15) is 4.79 Å². The lowest BCUT2D eigenvalue weighted by atomic mass is 9.93. The van der Waals surface area contributed by atoms with E-state index in [-0.39, 0.29) is 0 Å². The summed E-state index contributed by atoms with van der Waals surface area (Å²) in [5.74, 6) is -0.996. The van der Waals surface area contributed by atoms with Crippen molar-refractivity contribution in [1.82, 2.24) is 4.98 Å². The number of hydrogen-bond acceptors (Lipinski definition) is 3. The first kappa shape index (κ1) is 11.5. The maximum atomic E-state index is 11.0. The molecule has 88 valence electrons.